The fraction of sp³-hybridized carbons (Fsp3) is 0.345. The molecular weight excluding hydrogens is 1020 g/mol. The number of carbonyl (C=O) groups excluding carboxylic acids is 3. The Kier molecular flexibility index (Phi) is 17.5. The highest BCUT2D eigenvalue weighted by molar-refractivity contribution is 14.1. The zero-order valence-corrected chi connectivity index (χ0v) is 45.5. The fourth-order valence-corrected chi connectivity index (χ4v) is 10.7. The van der Waals surface area contributed by atoms with Crippen LogP contribution in [0.25, 0.3) is 10.9 Å². The topological polar surface area (TPSA) is 95.7 Å². The quantitative estimate of drug-likeness (QED) is 0.0205. The van der Waals surface area contributed by atoms with Crippen molar-refractivity contribution in [3.8, 4) is 5.75 Å². The molecule has 366 valence electrons. The Balaban J connectivity index is 0.849. The van der Waals surface area contributed by atoms with Crippen LogP contribution in [0.1, 0.15) is 106 Å². The molecule has 0 bridgehead atoms. The summed E-state index contributed by atoms with van der Waals surface area (Å²) in [7, 11) is 1.60. The third-order valence-corrected chi connectivity index (χ3v) is 15.0. The van der Waals surface area contributed by atoms with Crippen LogP contribution < -0.4 is 20.3 Å². The molecule has 1 aromatic heterocycles. The zero-order valence-electron chi connectivity index (χ0n) is 41.6. The minimum absolute atomic E-state index is 0.0547. The number of nitrogens with one attached hydrogen (secondary N) is 2. The lowest BCUT2D eigenvalue weighted by Gasteiger charge is -2.27. The lowest BCUT2D eigenvalue weighted by molar-refractivity contribution is -0.433. The molecule has 5 aromatic rings. The molecule has 0 unspecified atom stereocenters. The molecule has 0 radical (unpaired) electrons. The van der Waals surface area contributed by atoms with Crippen LogP contribution in [0.2, 0.25) is 0 Å². The summed E-state index contributed by atoms with van der Waals surface area (Å²) >= 11 is 11.5. The van der Waals surface area contributed by atoms with Crippen LogP contribution in [0.15, 0.2) is 137 Å². The Hall–Kier alpha value is -5.31. The van der Waals surface area contributed by atoms with Gasteiger partial charge in [-0.3, -0.25) is 19.0 Å². The zero-order chi connectivity index (χ0) is 50.2. The minimum atomic E-state index is -0.195. The fourth-order valence-electron chi connectivity index (χ4n) is 9.94. The molecule has 2 aliphatic rings. The van der Waals surface area contributed by atoms with Gasteiger partial charge in [-0.25, -0.2) is 0 Å². The van der Waals surface area contributed by atoms with Gasteiger partial charge in [0.1, 0.15) is 12.3 Å². The van der Waals surface area contributed by atoms with E-state index in [1.165, 1.54) is 33.9 Å². The number of ether oxygens (including phenoxy) is 1. The van der Waals surface area contributed by atoms with Gasteiger partial charge in [-0.1, -0.05) is 50.6 Å². The number of methoxy groups -OCH3 is 1. The number of unbranched alkanes of at least 4 members (excludes halogenated alkanes) is 3. The summed E-state index contributed by atoms with van der Waals surface area (Å²) in [5, 5.41) is 6.92. The van der Waals surface area contributed by atoms with E-state index >= 15 is 0 Å². The molecule has 0 saturated carbocycles. The van der Waals surface area contributed by atoms with E-state index in [1.54, 1.807) is 11.7 Å². The summed E-state index contributed by atoms with van der Waals surface area (Å²) in [5.74, 6) is 0.450. The Morgan fingerprint density at radius 1 is 0.757 bits per heavy atom. The van der Waals surface area contributed by atoms with Gasteiger partial charge in [-0.15, -0.1) is 25.3 Å². The number of allylic oxidation sites excluding steroid dienone is 8. The molecule has 9 nitrogen and oxygen atoms in total. The first-order valence-electron chi connectivity index (χ1n) is 24.4. The number of rotatable bonds is 20. The van der Waals surface area contributed by atoms with Crippen molar-refractivity contribution in [2.24, 2.45) is 0 Å². The predicted octanol–water partition coefficient (Wildman–Crippen LogP) is 12.4. The van der Waals surface area contributed by atoms with Gasteiger partial charge in [0.2, 0.25) is 17.5 Å². The maximum absolute atomic E-state index is 13.7. The monoisotopic (exact) mass is 1090 g/mol. The van der Waals surface area contributed by atoms with Crippen molar-refractivity contribution >= 4 is 93.6 Å². The SMILES string of the molecule is CC[N+]1=C(/C=C/C=C/C=C/C=C2/N(CCCCCC(=O)NCCCCNC(=O)Cc3c(C)n(C(=O)c4ccc(I)cc4)c4ccc(OC)cc34)c3ccc(S)cc3C2(C)C)C(C)(C)c2cc(S)ccc21. The van der Waals surface area contributed by atoms with Crippen LogP contribution in [0.3, 0.4) is 0 Å². The average Bonchev–Trinajstić information content (AvgIpc) is 3.81. The van der Waals surface area contributed by atoms with Crippen molar-refractivity contribution in [1.82, 2.24) is 15.2 Å². The van der Waals surface area contributed by atoms with Gasteiger partial charge < -0.3 is 20.3 Å². The minimum Gasteiger partial charge on any atom is -0.497 e. The number of anilines is 1. The molecule has 0 atom stereocenters. The first kappa shape index (κ1) is 52.5. The number of thiol groups is 2. The Bertz CT molecular complexity index is 2920. The van der Waals surface area contributed by atoms with Gasteiger partial charge in [-0.2, -0.15) is 4.58 Å². The van der Waals surface area contributed by atoms with E-state index < -0.39 is 0 Å². The number of fused-ring (bicyclic) bond motifs is 3. The van der Waals surface area contributed by atoms with E-state index in [0.717, 1.165) is 80.7 Å². The second-order valence-electron chi connectivity index (χ2n) is 19.1. The molecule has 0 fully saturated rings. The first-order valence-corrected chi connectivity index (χ1v) is 26.4. The summed E-state index contributed by atoms with van der Waals surface area (Å²) in [4.78, 5) is 44.1. The van der Waals surface area contributed by atoms with Crippen molar-refractivity contribution in [1.29, 1.82) is 0 Å². The van der Waals surface area contributed by atoms with Crippen LogP contribution in [0.5, 0.6) is 5.75 Å². The number of hydrogen-bond acceptors (Lipinski definition) is 7. The van der Waals surface area contributed by atoms with Crippen molar-refractivity contribution in [3.63, 3.8) is 0 Å². The second kappa shape index (κ2) is 23.3. The van der Waals surface area contributed by atoms with Crippen molar-refractivity contribution in [2.75, 3.05) is 38.2 Å². The number of nitrogens with zero attached hydrogens (tertiary/aromatic N) is 3. The van der Waals surface area contributed by atoms with Gasteiger partial charge in [0.25, 0.3) is 5.91 Å². The van der Waals surface area contributed by atoms with Crippen LogP contribution in [-0.2, 0) is 26.8 Å². The maximum atomic E-state index is 13.7. The molecule has 7 rings (SSSR count). The number of amides is 2. The molecule has 70 heavy (non-hydrogen) atoms. The Morgan fingerprint density at radius 2 is 1.43 bits per heavy atom. The maximum Gasteiger partial charge on any atom is 0.262 e. The average molecular weight is 1090 g/mol. The lowest BCUT2D eigenvalue weighted by atomic mass is 9.81. The molecule has 12 heteroatoms. The van der Waals surface area contributed by atoms with Gasteiger partial charge in [0, 0.05) is 90.6 Å². The van der Waals surface area contributed by atoms with Gasteiger partial charge in [0.05, 0.1) is 24.5 Å². The second-order valence-corrected chi connectivity index (χ2v) is 21.4. The standard InChI is InChI=1S/C58H66IN5O4S2/c1-8-62-50-30-27-43(69)36-47(50)57(3,4)52(62)19-13-10-9-11-14-20-53-58(5,6)48-37-44(70)28-31-51(48)63(53)34-18-12-15-21-54(65)60-32-16-17-33-61-55(66)38-45-39(2)64(49-29-26-42(68-7)35-46(45)49)56(67)40-22-24-41(59)25-23-40/h9-11,13-14,19-20,22-31,35-37H,8,12,15-18,21,32-34,38H2,1-7H3,(H3-,60,61,65,66,69,70)/p+1. The number of hydrogen-bond donors (Lipinski definition) is 4. The summed E-state index contributed by atoms with van der Waals surface area (Å²) in [6, 6.07) is 25.9. The third kappa shape index (κ3) is 11.7. The number of carbonyl (C=O) groups is 3. The normalized spacial score (nSPS) is 15.5. The highest BCUT2D eigenvalue weighted by atomic mass is 127. The van der Waals surface area contributed by atoms with E-state index in [4.69, 9.17) is 4.74 Å². The van der Waals surface area contributed by atoms with Crippen LogP contribution in [-0.4, -0.2) is 65.9 Å². The predicted molar refractivity (Wildman–Crippen MR) is 301 cm³/mol. The van der Waals surface area contributed by atoms with Crippen LogP contribution in [0.4, 0.5) is 11.4 Å². The molecule has 0 spiro atoms. The number of benzene rings is 4. The third-order valence-electron chi connectivity index (χ3n) is 13.7. The molecule has 2 amide bonds. The summed E-state index contributed by atoms with van der Waals surface area (Å²) in [6.45, 7) is 16.0. The Labute approximate surface area is 439 Å². The molecule has 3 heterocycles. The van der Waals surface area contributed by atoms with Crippen molar-refractivity contribution < 1.29 is 23.7 Å². The number of halogens is 1. The molecule has 4 aromatic carbocycles. The summed E-state index contributed by atoms with van der Waals surface area (Å²) in [5.41, 5.74) is 10.1. The van der Waals surface area contributed by atoms with E-state index in [2.05, 4.69) is 182 Å². The van der Waals surface area contributed by atoms with Crippen LogP contribution >= 0.6 is 47.8 Å². The van der Waals surface area contributed by atoms with Crippen molar-refractivity contribution in [2.45, 2.75) is 107 Å². The summed E-state index contributed by atoms with van der Waals surface area (Å²) in [6.07, 6.45) is 19.8. The van der Waals surface area contributed by atoms with E-state index in [1.807, 2.05) is 49.4 Å². The highest BCUT2D eigenvalue weighted by Crippen LogP contribution is 2.48. The first-order chi connectivity index (χ1) is 33.6. The molecule has 0 saturated heterocycles. The van der Waals surface area contributed by atoms with E-state index in [0.29, 0.717) is 30.8 Å². The highest BCUT2D eigenvalue weighted by Gasteiger charge is 2.44. The number of aromatic nitrogens is 1. The van der Waals surface area contributed by atoms with Gasteiger partial charge >= 0.3 is 0 Å². The van der Waals surface area contributed by atoms with Gasteiger partial charge in [0.15, 0.2) is 5.71 Å². The van der Waals surface area contributed by atoms with E-state index in [9.17, 15) is 14.4 Å². The Morgan fingerprint density at radius 3 is 2.14 bits per heavy atom. The van der Waals surface area contributed by atoms with E-state index in [-0.39, 0.29) is 35.0 Å². The molecule has 2 aliphatic heterocycles. The smallest absolute Gasteiger partial charge is 0.262 e. The molecular formula is C58H67IN5O4S2+. The van der Waals surface area contributed by atoms with Crippen LogP contribution in [0, 0.1) is 10.5 Å². The van der Waals surface area contributed by atoms with Gasteiger partial charge in [-0.05, 0) is 166 Å². The summed E-state index contributed by atoms with van der Waals surface area (Å²) < 4.78 is 10.6. The molecule has 0 aliphatic carbocycles. The van der Waals surface area contributed by atoms with Crippen molar-refractivity contribution in [3.05, 3.63) is 159 Å². The lowest BCUT2D eigenvalue weighted by Crippen LogP contribution is -2.28. The molecule has 2 N–H and O–H groups in total. The largest absolute Gasteiger partial charge is 0.497 e.